The third kappa shape index (κ3) is 2.12. The second-order valence-electron chi connectivity index (χ2n) is 3.61. The molecule has 0 saturated carbocycles. The molecule has 16 heavy (non-hydrogen) atoms. The smallest absolute Gasteiger partial charge is 0.166 e. The molecule has 0 fully saturated rings. The van der Waals surface area contributed by atoms with Gasteiger partial charge < -0.3 is 15.2 Å². The van der Waals surface area contributed by atoms with E-state index in [1.165, 1.54) is 0 Å². The molecule has 0 bridgehead atoms. The van der Waals surface area contributed by atoms with Gasteiger partial charge in [0.2, 0.25) is 0 Å². The molecule has 1 aliphatic heterocycles. The number of ether oxygens (including phenoxy) is 2. The van der Waals surface area contributed by atoms with Crippen molar-refractivity contribution < 1.29 is 9.47 Å². The van der Waals surface area contributed by atoms with Crippen LogP contribution in [0.3, 0.4) is 0 Å². The minimum absolute atomic E-state index is 0.121. The van der Waals surface area contributed by atoms with Gasteiger partial charge in [0.25, 0.3) is 0 Å². The number of para-hydroxylation sites is 1. The highest BCUT2D eigenvalue weighted by Gasteiger charge is 2.18. The monoisotopic (exact) mass is 217 g/mol. The summed E-state index contributed by atoms with van der Waals surface area (Å²) < 4.78 is 11.1. The summed E-state index contributed by atoms with van der Waals surface area (Å²) in [6, 6.07) is 5.68. The molecule has 2 N–H and O–H groups in total. The standard InChI is InChI=1S/C13H15NO2/c1-2-3-6-11(14)10-5-4-7-12-13(10)16-9-8-15-12/h4-5,7,11H,6,8-9,14H2,1H3. The first-order chi connectivity index (χ1) is 7.83. The summed E-state index contributed by atoms with van der Waals surface area (Å²) in [7, 11) is 0. The third-order valence-corrected chi connectivity index (χ3v) is 2.49. The molecule has 0 aromatic heterocycles. The Kier molecular flexibility index (Phi) is 3.33. The van der Waals surface area contributed by atoms with Crippen molar-refractivity contribution in [2.45, 2.75) is 19.4 Å². The van der Waals surface area contributed by atoms with E-state index >= 15 is 0 Å². The summed E-state index contributed by atoms with van der Waals surface area (Å²) in [6.07, 6.45) is 0.635. The second kappa shape index (κ2) is 4.91. The van der Waals surface area contributed by atoms with Crippen LogP contribution in [-0.2, 0) is 0 Å². The van der Waals surface area contributed by atoms with E-state index in [0.29, 0.717) is 19.6 Å². The Morgan fingerprint density at radius 2 is 2.19 bits per heavy atom. The Morgan fingerprint density at radius 3 is 3.00 bits per heavy atom. The number of fused-ring (bicyclic) bond motifs is 1. The fourth-order valence-corrected chi connectivity index (χ4v) is 1.71. The molecule has 1 heterocycles. The molecule has 3 heteroatoms. The van der Waals surface area contributed by atoms with Gasteiger partial charge in [-0.1, -0.05) is 12.1 Å². The van der Waals surface area contributed by atoms with Crippen LogP contribution < -0.4 is 15.2 Å². The van der Waals surface area contributed by atoms with Crippen LogP contribution in [0, 0.1) is 11.8 Å². The Bertz CT molecular complexity index is 431. The summed E-state index contributed by atoms with van der Waals surface area (Å²) in [6.45, 7) is 2.99. The Morgan fingerprint density at radius 1 is 1.38 bits per heavy atom. The van der Waals surface area contributed by atoms with E-state index in [9.17, 15) is 0 Å². The Balaban J connectivity index is 2.28. The quantitative estimate of drug-likeness (QED) is 0.769. The maximum Gasteiger partial charge on any atom is 0.166 e. The number of benzene rings is 1. The van der Waals surface area contributed by atoms with Crippen molar-refractivity contribution in [1.82, 2.24) is 0 Å². The summed E-state index contributed by atoms with van der Waals surface area (Å²) in [5.74, 6) is 7.39. The second-order valence-corrected chi connectivity index (χ2v) is 3.61. The SMILES string of the molecule is CC#CCC(N)c1cccc2c1OCCO2. The predicted molar refractivity (Wildman–Crippen MR) is 62.4 cm³/mol. The molecule has 84 valence electrons. The van der Waals surface area contributed by atoms with Crippen molar-refractivity contribution in [2.24, 2.45) is 5.73 Å². The van der Waals surface area contributed by atoms with Crippen LogP contribution >= 0.6 is 0 Å². The molecule has 1 unspecified atom stereocenters. The minimum Gasteiger partial charge on any atom is -0.486 e. The topological polar surface area (TPSA) is 44.5 Å². The lowest BCUT2D eigenvalue weighted by atomic mass is 10.0. The summed E-state index contributed by atoms with van der Waals surface area (Å²) in [5, 5.41) is 0. The largest absolute Gasteiger partial charge is 0.486 e. The average molecular weight is 217 g/mol. The zero-order chi connectivity index (χ0) is 11.4. The van der Waals surface area contributed by atoms with E-state index in [1.807, 2.05) is 25.1 Å². The van der Waals surface area contributed by atoms with Gasteiger partial charge in [0.05, 0.1) is 0 Å². The van der Waals surface area contributed by atoms with Crippen molar-refractivity contribution in [3.8, 4) is 23.3 Å². The molecule has 0 saturated heterocycles. The normalized spacial score (nSPS) is 14.9. The zero-order valence-electron chi connectivity index (χ0n) is 9.32. The highest BCUT2D eigenvalue weighted by Crippen LogP contribution is 2.36. The van der Waals surface area contributed by atoms with E-state index < -0.39 is 0 Å². The van der Waals surface area contributed by atoms with Crippen LogP contribution in [0.5, 0.6) is 11.5 Å². The van der Waals surface area contributed by atoms with Gasteiger partial charge in [0.1, 0.15) is 13.2 Å². The maximum atomic E-state index is 6.07. The van der Waals surface area contributed by atoms with Crippen LogP contribution in [0.25, 0.3) is 0 Å². The molecule has 0 amide bonds. The lowest BCUT2D eigenvalue weighted by Crippen LogP contribution is -2.19. The van der Waals surface area contributed by atoms with Gasteiger partial charge in [-0.3, -0.25) is 0 Å². The molecule has 0 radical (unpaired) electrons. The van der Waals surface area contributed by atoms with Crippen molar-refractivity contribution in [3.05, 3.63) is 23.8 Å². The summed E-state index contributed by atoms with van der Waals surface area (Å²) >= 11 is 0. The molecular weight excluding hydrogens is 202 g/mol. The van der Waals surface area contributed by atoms with Gasteiger partial charge in [-0.2, -0.15) is 0 Å². The lowest BCUT2D eigenvalue weighted by Gasteiger charge is -2.22. The van der Waals surface area contributed by atoms with Crippen LogP contribution in [0.1, 0.15) is 24.9 Å². The molecular formula is C13H15NO2. The van der Waals surface area contributed by atoms with Crippen molar-refractivity contribution >= 4 is 0 Å². The minimum atomic E-state index is -0.121. The van der Waals surface area contributed by atoms with E-state index in [1.54, 1.807) is 0 Å². The van der Waals surface area contributed by atoms with Crippen molar-refractivity contribution in [2.75, 3.05) is 13.2 Å². The van der Waals surface area contributed by atoms with Gasteiger partial charge in [-0.15, -0.1) is 11.8 Å². The molecule has 1 aromatic carbocycles. The van der Waals surface area contributed by atoms with Gasteiger partial charge >= 0.3 is 0 Å². The third-order valence-electron chi connectivity index (χ3n) is 2.49. The average Bonchev–Trinajstić information content (AvgIpc) is 2.35. The first-order valence-corrected chi connectivity index (χ1v) is 5.36. The first kappa shape index (κ1) is 10.8. The van der Waals surface area contributed by atoms with Crippen LogP contribution in [-0.4, -0.2) is 13.2 Å². The fourth-order valence-electron chi connectivity index (χ4n) is 1.71. The van der Waals surface area contributed by atoms with Gasteiger partial charge in [-0.25, -0.2) is 0 Å². The zero-order valence-corrected chi connectivity index (χ0v) is 9.32. The molecule has 0 aliphatic carbocycles. The van der Waals surface area contributed by atoms with E-state index in [4.69, 9.17) is 15.2 Å². The van der Waals surface area contributed by atoms with E-state index in [-0.39, 0.29) is 6.04 Å². The van der Waals surface area contributed by atoms with Gasteiger partial charge in [0.15, 0.2) is 11.5 Å². The first-order valence-electron chi connectivity index (χ1n) is 5.36. The molecule has 0 spiro atoms. The highest BCUT2D eigenvalue weighted by atomic mass is 16.6. The molecule has 1 atom stereocenters. The Labute approximate surface area is 95.5 Å². The predicted octanol–water partition coefficient (Wildman–Crippen LogP) is 1.87. The molecule has 3 nitrogen and oxygen atoms in total. The van der Waals surface area contributed by atoms with Crippen LogP contribution in [0.4, 0.5) is 0 Å². The van der Waals surface area contributed by atoms with Gasteiger partial charge in [-0.05, 0) is 13.0 Å². The van der Waals surface area contributed by atoms with Crippen molar-refractivity contribution in [3.63, 3.8) is 0 Å². The lowest BCUT2D eigenvalue weighted by molar-refractivity contribution is 0.169. The maximum absolute atomic E-state index is 6.07. The van der Waals surface area contributed by atoms with Crippen molar-refractivity contribution in [1.29, 1.82) is 0 Å². The fraction of sp³-hybridized carbons (Fsp3) is 0.385. The molecule has 1 aliphatic rings. The van der Waals surface area contributed by atoms with E-state index in [2.05, 4.69) is 11.8 Å². The molecule has 1 aromatic rings. The number of nitrogens with two attached hydrogens (primary N) is 1. The van der Waals surface area contributed by atoms with E-state index in [0.717, 1.165) is 17.1 Å². The number of rotatable bonds is 2. The summed E-state index contributed by atoms with van der Waals surface area (Å²) in [5.41, 5.74) is 7.04. The highest BCUT2D eigenvalue weighted by molar-refractivity contribution is 5.49. The van der Waals surface area contributed by atoms with Crippen LogP contribution in [0.2, 0.25) is 0 Å². The van der Waals surface area contributed by atoms with Gasteiger partial charge in [0, 0.05) is 18.0 Å². The Hall–Kier alpha value is -1.66. The van der Waals surface area contributed by atoms with Crippen LogP contribution in [0.15, 0.2) is 18.2 Å². The summed E-state index contributed by atoms with van der Waals surface area (Å²) in [4.78, 5) is 0. The number of hydrogen-bond acceptors (Lipinski definition) is 3. The molecule has 2 rings (SSSR count). The number of hydrogen-bond donors (Lipinski definition) is 1.